The van der Waals surface area contributed by atoms with Crippen LogP contribution in [0.4, 0.5) is 0 Å². The Balaban J connectivity index is 3.06. The van der Waals surface area contributed by atoms with Crippen LogP contribution in [0, 0.1) is 5.92 Å². The molecule has 0 bridgehead atoms. The largest absolute Gasteiger partial charge is 0.348 e. The number of rotatable bonds is 6. The van der Waals surface area contributed by atoms with Crippen molar-refractivity contribution < 1.29 is 13.2 Å². The molecule has 21 heavy (non-hydrogen) atoms. The first-order valence-corrected chi connectivity index (χ1v) is 9.30. The molecule has 1 aromatic heterocycles. The van der Waals surface area contributed by atoms with Crippen molar-refractivity contribution in [1.29, 1.82) is 0 Å². The van der Waals surface area contributed by atoms with E-state index in [1.165, 1.54) is 12.3 Å². The molecule has 5 nitrogen and oxygen atoms in total. The molecule has 0 aliphatic heterocycles. The van der Waals surface area contributed by atoms with Gasteiger partial charge >= 0.3 is 0 Å². The fraction of sp³-hybridized carbons (Fsp3) is 0.643. The van der Waals surface area contributed by atoms with E-state index in [2.05, 4.69) is 19.2 Å². The molecule has 1 unspecified atom stereocenters. The van der Waals surface area contributed by atoms with Crippen molar-refractivity contribution in [2.24, 2.45) is 5.92 Å². The van der Waals surface area contributed by atoms with Crippen molar-refractivity contribution >= 4 is 25.6 Å². The highest BCUT2D eigenvalue weighted by Crippen LogP contribution is 2.22. The number of hydrogen-bond acceptors (Lipinski definition) is 3. The van der Waals surface area contributed by atoms with Crippen LogP contribution >= 0.6 is 10.7 Å². The second-order valence-corrected chi connectivity index (χ2v) is 8.57. The third kappa shape index (κ3) is 5.04. The summed E-state index contributed by atoms with van der Waals surface area (Å²) >= 11 is 0. The Morgan fingerprint density at radius 2 is 1.86 bits per heavy atom. The highest BCUT2D eigenvalue weighted by molar-refractivity contribution is 8.13. The maximum atomic E-state index is 12.3. The molecule has 0 saturated heterocycles. The third-order valence-electron chi connectivity index (χ3n) is 3.10. The zero-order valence-corrected chi connectivity index (χ0v) is 14.6. The summed E-state index contributed by atoms with van der Waals surface area (Å²) in [7, 11) is 1.51. The molecule has 120 valence electrons. The number of aromatic nitrogens is 1. The molecule has 0 spiro atoms. The molecule has 0 fully saturated rings. The summed E-state index contributed by atoms with van der Waals surface area (Å²) in [6.45, 7) is 9.84. The van der Waals surface area contributed by atoms with Crippen LogP contribution in [0.15, 0.2) is 17.2 Å². The number of amides is 1. The molecule has 7 heteroatoms. The summed E-state index contributed by atoms with van der Waals surface area (Å²) in [4.78, 5) is 12.3. The summed E-state index contributed by atoms with van der Waals surface area (Å²) < 4.78 is 24.5. The lowest BCUT2D eigenvalue weighted by molar-refractivity contribution is 0.0925. The third-order valence-corrected chi connectivity index (χ3v) is 4.42. The first-order valence-electron chi connectivity index (χ1n) is 6.99. The van der Waals surface area contributed by atoms with E-state index < -0.39 is 9.05 Å². The highest BCUT2D eigenvalue weighted by atomic mass is 35.7. The van der Waals surface area contributed by atoms with E-state index in [0.29, 0.717) is 11.6 Å². The average molecular weight is 335 g/mol. The molecule has 1 amide bonds. The van der Waals surface area contributed by atoms with Gasteiger partial charge in [-0.15, -0.1) is 0 Å². The number of nitrogens with zero attached hydrogens (tertiary/aromatic N) is 1. The van der Waals surface area contributed by atoms with Crippen LogP contribution in [0.25, 0.3) is 0 Å². The van der Waals surface area contributed by atoms with E-state index >= 15 is 0 Å². The SMILES string of the molecule is CC(C)CC(C)NC(=O)c1cc(S(=O)(=O)Cl)cn1C(C)C. The second-order valence-electron chi connectivity index (χ2n) is 6.00. The monoisotopic (exact) mass is 334 g/mol. The quantitative estimate of drug-likeness (QED) is 0.812. The van der Waals surface area contributed by atoms with Crippen LogP contribution < -0.4 is 5.32 Å². The summed E-state index contributed by atoms with van der Waals surface area (Å²) in [6.07, 6.45) is 2.25. The molecule has 1 N–H and O–H groups in total. The van der Waals surface area contributed by atoms with Crippen LogP contribution in [-0.2, 0) is 9.05 Å². The predicted octanol–water partition coefficient (Wildman–Crippen LogP) is 3.16. The Kier molecular flexibility index (Phi) is 5.87. The Hall–Kier alpha value is -1.01. The lowest BCUT2D eigenvalue weighted by Crippen LogP contribution is -2.34. The van der Waals surface area contributed by atoms with Crippen molar-refractivity contribution in [2.45, 2.75) is 58.0 Å². The molecule has 1 heterocycles. The van der Waals surface area contributed by atoms with E-state index in [0.717, 1.165) is 6.42 Å². The van der Waals surface area contributed by atoms with Crippen molar-refractivity contribution in [1.82, 2.24) is 9.88 Å². The molecule has 0 radical (unpaired) electrons. The Bertz CT molecular complexity index is 606. The lowest BCUT2D eigenvalue weighted by Gasteiger charge is -2.18. The number of carbonyl (C=O) groups is 1. The molecular weight excluding hydrogens is 312 g/mol. The Labute approximate surface area is 131 Å². The minimum atomic E-state index is -3.85. The first-order chi connectivity index (χ1) is 9.52. The summed E-state index contributed by atoms with van der Waals surface area (Å²) in [6, 6.07) is 1.29. The fourth-order valence-corrected chi connectivity index (χ4v) is 3.01. The second kappa shape index (κ2) is 6.83. The normalized spacial score (nSPS) is 13.7. The van der Waals surface area contributed by atoms with Crippen molar-refractivity contribution in [3.05, 3.63) is 18.0 Å². The van der Waals surface area contributed by atoms with Crippen LogP contribution in [-0.4, -0.2) is 24.9 Å². The van der Waals surface area contributed by atoms with Gasteiger partial charge in [0, 0.05) is 29.0 Å². The van der Waals surface area contributed by atoms with Gasteiger partial charge in [0.25, 0.3) is 15.0 Å². The van der Waals surface area contributed by atoms with Crippen molar-refractivity contribution in [3.63, 3.8) is 0 Å². The van der Waals surface area contributed by atoms with Crippen LogP contribution in [0.1, 0.15) is 57.6 Å². The number of halogens is 1. The highest BCUT2D eigenvalue weighted by Gasteiger charge is 2.22. The van der Waals surface area contributed by atoms with Crippen molar-refractivity contribution in [3.8, 4) is 0 Å². The van der Waals surface area contributed by atoms with Gasteiger partial charge < -0.3 is 9.88 Å². The molecule has 0 saturated carbocycles. The minimum Gasteiger partial charge on any atom is -0.348 e. The number of hydrogen-bond donors (Lipinski definition) is 1. The van der Waals surface area contributed by atoms with Gasteiger partial charge in [-0.05, 0) is 39.2 Å². The zero-order valence-electron chi connectivity index (χ0n) is 13.1. The summed E-state index contributed by atoms with van der Waals surface area (Å²) in [5.74, 6) is 0.180. The van der Waals surface area contributed by atoms with Gasteiger partial charge in [0.1, 0.15) is 10.6 Å². The zero-order chi connectivity index (χ0) is 16.4. The standard InChI is InChI=1S/C14H23ClN2O3S/c1-9(2)6-11(5)16-14(18)13-7-12(21(15,19)20)8-17(13)10(3)4/h7-11H,6H2,1-5H3,(H,16,18). The average Bonchev–Trinajstić information content (AvgIpc) is 2.71. The van der Waals surface area contributed by atoms with Crippen LogP contribution in [0.2, 0.25) is 0 Å². The Morgan fingerprint density at radius 3 is 2.29 bits per heavy atom. The molecule has 1 aromatic rings. The van der Waals surface area contributed by atoms with Crippen LogP contribution in [0.5, 0.6) is 0 Å². The van der Waals surface area contributed by atoms with E-state index in [9.17, 15) is 13.2 Å². The molecule has 0 aliphatic carbocycles. The van der Waals surface area contributed by atoms with E-state index in [4.69, 9.17) is 10.7 Å². The van der Waals surface area contributed by atoms with Gasteiger partial charge in [-0.25, -0.2) is 8.42 Å². The van der Waals surface area contributed by atoms with E-state index in [-0.39, 0.29) is 22.9 Å². The Morgan fingerprint density at radius 1 is 1.29 bits per heavy atom. The number of carbonyl (C=O) groups excluding carboxylic acids is 1. The molecule has 0 aliphatic rings. The van der Waals surface area contributed by atoms with E-state index in [1.54, 1.807) is 4.57 Å². The molecule has 0 aromatic carbocycles. The van der Waals surface area contributed by atoms with Gasteiger partial charge in [0.2, 0.25) is 0 Å². The number of nitrogens with one attached hydrogen (secondary N) is 1. The van der Waals surface area contributed by atoms with Gasteiger partial charge in [0.15, 0.2) is 0 Å². The van der Waals surface area contributed by atoms with Gasteiger partial charge in [-0.3, -0.25) is 4.79 Å². The first kappa shape index (κ1) is 18.0. The summed E-state index contributed by atoms with van der Waals surface area (Å²) in [5, 5.41) is 2.89. The molecule has 1 rings (SSSR count). The minimum absolute atomic E-state index is 0.0177. The maximum absolute atomic E-state index is 12.3. The van der Waals surface area contributed by atoms with Crippen molar-refractivity contribution in [2.75, 3.05) is 0 Å². The molecular formula is C14H23ClN2O3S. The van der Waals surface area contributed by atoms with E-state index in [1.807, 2.05) is 20.8 Å². The maximum Gasteiger partial charge on any atom is 0.268 e. The smallest absolute Gasteiger partial charge is 0.268 e. The van der Waals surface area contributed by atoms with Gasteiger partial charge in [-0.2, -0.15) is 0 Å². The lowest BCUT2D eigenvalue weighted by atomic mass is 10.1. The fourth-order valence-electron chi connectivity index (χ4n) is 2.26. The molecule has 1 atom stereocenters. The topological polar surface area (TPSA) is 68.2 Å². The van der Waals surface area contributed by atoms with Gasteiger partial charge in [-0.1, -0.05) is 13.8 Å². The van der Waals surface area contributed by atoms with Gasteiger partial charge in [0.05, 0.1) is 0 Å². The predicted molar refractivity (Wildman–Crippen MR) is 84.2 cm³/mol. The summed E-state index contributed by atoms with van der Waals surface area (Å²) in [5.41, 5.74) is 0.305. The van der Waals surface area contributed by atoms with Crippen LogP contribution in [0.3, 0.4) is 0 Å².